The van der Waals surface area contributed by atoms with Gasteiger partial charge in [-0.15, -0.1) is 0 Å². The number of H-pyrrole nitrogens is 1. The van der Waals surface area contributed by atoms with Gasteiger partial charge in [0.1, 0.15) is 5.82 Å². The first-order valence-electron chi connectivity index (χ1n) is 5.77. The van der Waals surface area contributed by atoms with Crippen molar-refractivity contribution >= 4 is 11.0 Å². The number of rotatable bonds is 2. The number of imidazole rings is 1. The second kappa shape index (κ2) is 4.56. The molecule has 3 aromatic rings. The topological polar surface area (TPSA) is 37.9 Å². The summed E-state index contributed by atoms with van der Waals surface area (Å²) in [5.74, 6) is -2.04. The Morgan fingerprint density at radius 2 is 1.75 bits per heavy atom. The van der Waals surface area contributed by atoms with Gasteiger partial charge in [0.2, 0.25) is 0 Å². The van der Waals surface area contributed by atoms with Crippen LogP contribution in [0, 0.1) is 17.5 Å². The number of fused-ring (bicyclic) bond motifs is 1. The SMILES string of the molecule is COc1ccc(-c2nc3cc(F)c(F)cc3[nH]2)cc1F. The average molecular weight is 278 g/mol. The van der Waals surface area contributed by atoms with E-state index in [2.05, 4.69) is 9.97 Å². The molecule has 0 atom stereocenters. The summed E-state index contributed by atoms with van der Waals surface area (Å²) >= 11 is 0. The van der Waals surface area contributed by atoms with E-state index in [1.54, 1.807) is 6.07 Å². The van der Waals surface area contributed by atoms with Gasteiger partial charge < -0.3 is 9.72 Å². The normalized spacial score (nSPS) is 11.0. The van der Waals surface area contributed by atoms with Crippen LogP contribution in [-0.4, -0.2) is 17.1 Å². The molecule has 1 N–H and O–H groups in total. The minimum absolute atomic E-state index is 0.113. The Kier molecular flexibility index (Phi) is 2.85. The van der Waals surface area contributed by atoms with E-state index in [1.807, 2.05) is 0 Å². The van der Waals surface area contributed by atoms with Gasteiger partial charge in [-0.3, -0.25) is 0 Å². The van der Waals surface area contributed by atoms with Crippen molar-refractivity contribution in [1.29, 1.82) is 0 Å². The Bertz CT molecular complexity index is 759. The molecule has 0 saturated heterocycles. The van der Waals surface area contributed by atoms with Gasteiger partial charge in [-0.2, -0.15) is 0 Å². The number of aromatic nitrogens is 2. The fraction of sp³-hybridized carbons (Fsp3) is 0.0714. The number of nitrogens with one attached hydrogen (secondary N) is 1. The number of benzene rings is 2. The van der Waals surface area contributed by atoms with E-state index in [0.717, 1.165) is 12.1 Å². The third-order valence-electron chi connectivity index (χ3n) is 2.95. The predicted octanol–water partition coefficient (Wildman–Crippen LogP) is 3.66. The van der Waals surface area contributed by atoms with Gasteiger partial charge in [-0.05, 0) is 18.2 Å². The maximum atomic E-state index is 13.6. The summed E-state index contributed by atoms with van der Waals surface area (Å²) in [7, 11) is 1.37. The summed E-state index contributed by atoms with van der Waals surface area (Å²) in [6.07, 6.45) is 0. The van der Waals surface area contributed by atoms with Crippen molar-refractivity contribution in [2.45, 2.75) is 0 Å². The molecule has 0 aliphatic heterocycles. The fourth-order valence-corrected chi connectivity index (χ4v) is 1.96. The maximum Gasteiger partial charge on any atom is 0.165 e. The molecule has 1 heterocycles. The molecule has 0 amide bonds. The minimum Gasteiger partial charge on any atom is -0.494 e. The molecule has 0 aliphatic carbocycles. The summed E-state index contributed by atoms with van der Waals surface area (Å²) in [6.45, 7) is 0. The third kappa shape index (κ3) is 1.99. The van der Waals surface area contributed by atoms with E-state index >= 15 is 0 Å². The highest BCUT2D eigenvalue weighted by atomic mass is 19.2. The Morgan fingerprint density at radius 3 is 2.45 bits per heavy atom. The van der Waals surface area contributed by atoms with Crippen LogP contribution in [0.15, 0.2) is 30.3 Å². The lowest BCUT2D eigenvalue weighted by Crippen LogP contribution is -1.89. The molecule has 6 heteroatoms. The van der Waals surface area contributed by atoms with Crippen molar-refractivity contribution in [1.82, 2.24) is 9.97 Å². The van der Waals surface area contributed by atoms with Gasteiger partial charge in [-0.1, -0.05) is 0 Å². The molecule has 2 aromatic carbocycles. The van der Waals surface area contributed by atoms with Crippen molar-refractivity contribution in [3.8, 4) is 17.1 Å². The zero-order valence-electron chi connectivity index (χ0n) is 10.4. The molecule has 1 aromatic heterocycles. The molecule has 0 fully saturated rings. The number of hydrogen-bond acceptors (Lipinski definition) is 2. The highest BCUT2D eigenvalue weighted by molar-refractivity contribution is 5.79. The lowest BCUT2D eigenvalue weighted by Gasteiger charge is -2.02. The van der Waals surface area contributed by atoms with E-state index in [1.165, 1.54) is 19.2 Å². The summed E-state index contributed by atoms with van der Waals surface area (Å²) in [5, 5.41) is 0. The fourth-order valence-electron chi connectivity index (χ4n) is 1.96. The Labute approximate surface area is 112 Å². The van der Waals surface area contributed by atoms with Crippen LogP contribution in [0.1, 0.15) is 0 Å². The van der Waals surface area contributed by atoms with Crippen molar-refractivity contribution in [3.05, 3.63) is 47.8 Å². The second-order valence-electron chi connectivity index (χ2n) is 4.22. The van der Waals surface area contributed by atoms with Crippen LogP contribution in [0.2, 0.25) is 0 Å². The van der Waals surface area contributed by atoms with Crippen LogP contribution in [-0.2, 0) is 0 Å². The zero-order valence-corrected chi connectivity index (χ0v) is 10.4. The zero-order chi connectivity index (χ0) is 14.3. The van der Waals surface area contributed by atoms with E-state index in [4.69, 9.17) is 4.74 Å². The number of nitrogens with zero attached hydrogens (tertiary/aromatic N) is 1. The van der Waals surface area contributed by atoms with Crippen LogP contribution >= 0.6 is 0 Å². The van der Waals surface area contributed by atoms with Gasteiger partial charge >= 0.3 is 0 Å². The quantitative estimate of drug-likeness (QED) is 0.777. The van der Waals surface area contributed by atoms with Crippen molar-refractivity contribution < 1.29 is 17.9 Å². The molecular formula is C14H9F3N2O. The lowest BCUT2D eigenvalue weighted by molar-refractivity contribution is 0.386. The first-order chi connectivity index (χ1) is 9.58. The summed E-state index contributed by atoms with van der Waals surface area (Å²) < 4.78 is 44.7. The van der Waals surface area contributed by atoms with E-state index in [0.29, 0.717) is 16.9 Å². The van der Waals surface area contributed by atoms with Crippen LogP contribution in [0.5, 0.6) is 5.75 Å². The van der Waals surface area contributed by atoms with Gasteiger partial charge in [-0.25, -0.2) is 18.2 Å². The minimum atomic E-state index is -0.975. The molecule has 102 valence electrons. The van der Waals surface area contributed by atoms with Crippen molar-refractivity contribution in [2.24, 2.45) is 0 Å². The van der Waals surface area contributed by atoms with Gasteiger partial charge in [0, 0.05) is 17.7 Å². The van der Waals surface area contributed by atoms with Crippen LogP contribution < -0.4 is 4.74 Å². The van der Waals surface area contributed by atoms with Crippen molar-refractivity contribution in [2.75, 3.05) is 7.11 Å². The summed E-state index contributed by atoms with van der Waals surface area (Å²) in [6, 6.07) is 6.31. The van der Waals surface area contributed by atoms with E-state index < -0.39 is 17.5 Å². The molecule has 0 bridgehead atoms. The standard InChI is InChI=1S/C14H9F3N2O/c1-20-13-3-2-7(4-10(13)17)14-18-11-5-8(15)9(16)6-12(11)19-14/h2-6H,1H3,(H,18,19). The second-order valence-corrected chi connectivity index (χ2v) is 4.22. The smallest absolute Gasteiger partial charge is 0.165 e. The van der Waals surface area contributed by atoms with Crippen LogP contribution in [0.4, 0.5) is 13.2 Å². The van der Waals surface area contributed by atoms with E-state index in [-0.39, 0.29) is 11.3 Å². The Morgan fingerprint density at radius 1 is 1.00 bits per heavy atom. The molecule has 3 rings (SSSR count). The number of hydrogen-bond donors (Lipinski definition) is 1. The van der Waals surface area contributed by atoms with Crippen LogP contribution in [0.25, 0.3) is 22.4 Å². The monoisotopic (exact) mass is 278 g/mol. The first-order valence-corrected chi connectivity index (χ1v) is 5.77. The molecule has 0 radical (unpaired) electrons. The summed E-state index contributed by atoms with van der Waals surface area (Å²) in [4.78, 5) is 6.93. The highest BCUT2D eigenvalue weighted by Gasteiger charge is 2.11. The molecule has 20 heavy (non-hydrogen) atoms. The molecule has 0 unspecified atom stereocenters. The average Bonchev–Trinajstić information content (AvgIpc) is 2.82. The third-order valence-corrected chi connectivity index (χ3v) is 2.95. The predicted molar refractivity (Wildman–Crippen MR) is 68.0 cm³/mol. The summed E-state index contributed by atoms with van der Waals surface area (Å²) in [5.41, 5.74) is 1.07. The molecule has 0 spiro atoms. The molecule has 0 saturated carbocycles. The number of methoxy groups -OCH3 is 1. The Hall–Kier alpha value is -2.50. The molecule has 0 aliphatic rings. The van der Waals surface area contributed by atoms with Gasteiger partial charge in [0.05, 0.1) is 18.1 Å². The van der Waals surface area contributed by atoms with Gasteiger partial charge in [0.25, 0.3) is 0 Å². The largest absolute Gasteiger partial charge is 0.494 e. The molecule has 3 nitrogen and oxygen atoms in total. The first kappa shape index (κ1) is 12.5. The van der Waals surface area contributed by atoms with E-state index in [9.17, 15) is 13.2 Å². The number of halogens is 3. The van der Waals surface area contributed by atoms with Crippen LogP contribution in [0.3, 0.4) is 0 Å². The molecular weight excluding hydrogens is 269 g/mol. The van der Waals surface area contributed by atoms with Gasteiger partial charge in [0.15, 0.2) is 23.2 Å². The Balaban J connectivity index is 2.12. The number of aromatic amines is 1. The lowest BCUT2D eigenvalue weighted by atomic mass is 10.2. The highest BCUT2D eigenvalue weighted by Crippen LogP contribution is 2.26. The maximum absolute atomic E-state index is 13.6. The van der Waals surface area contributed by atoms with Crippen molar-refractivity contribution in [3.63, 3.8) is 0 Å². The number of ether oxygens (including phenoxy) is 1.